The zero-order valence-corrected chi connectivity index (χ0v) is 18.4. The fourth-order valence-electron chi connectivity index (χ4n) is 3.22. The molecule has 0 amide bonds. The molecular formula is C18H20ClN3O6S2. The molecule has 1 heterocycles. The summed E-state index contributed by atoms with van der Waals surface area (Å²) in [7, 11) is -7.80. The minimum Gasteiger partial charge on any atom is -0.280 e. The van der Waals surface area contributed by atoms with Crippen LogP contribution in [-0.2, 0) is 20.0 Å². The molecule has 3 rings (SSSR count). The van der Waals surface area contributed by atoms with Gasteiger partial charge in [0, 0.05) is 24.8 Å². The maximum absolute atomic E-state index is 12.8. The molecule has 162 valence electrons. The second-order valence-corrected chi connectivity index (χ2v) is 11.1. The van der Waals surface area contributed by atoms with Crippen LogP contribution < -0.4 is 4.72 Å². The van der Waals surface area contributed by atoms with Crippen LogP contribution in [0.5, 0.6) is 0 Å². The molecule has 1 fully saturated rings. The lowest BCUT2D eigenvalue weighted by atomic mass is 10.0. The summed E-state index contributed by atoms with van der Waals surface area (Å²) in [5.41, 5.74) is -0.407. The quantitative estimate of drug-likeness (QED) is 0.505. The van der Waals surface area contributed by atoms with Crippen molar-refractivity contribution in [3.05, 3.63) is 57.6 Å². The van der Waals surface area contributed by atoms with Gasteiger partial charge in [-0.1, -0.05) is 18.5 Å². The number of piperidine rings is 1. The molecule has 1 unspecified atom stereocenters. The molecule has 2 aromatic rings. The van der Waals surface area contributed by atoms with E-state index in [2.05, 4.69) is 4.72 Å². The normalized spacial score (nSPS) is 18.1. The highest BCUT2D eigenvalue weighted by atomic mass is 35.5. The summed E-state index contributed by atoms with van der Waals surface area (Å²) in [6.45, 7) is 2.91. The van der Waals surface area contributed by atoms with E-state index < -0.39 is 30.7 Å². The summed E-state index contributed by atoms with van der Waals surface area (Å²) < 4.78 is 54.4. The first kappa shape index (κ1) is 22.5. The van der Waals surface area contributed by atoms with Gasteiger partial charge in [0.25, 0.3) is 15.7 Å². The Morgan fingerprint density at radius 2 is 1.73 bits per heavy atom. The van der Waals surface area contributed by atoms with Gasteiger partial charge in [0.15, 0.2) is 0 Å². The van der Waals surface area contributed by atoms with Crippen molar-refractivity contribution in [3.63, 3.8) is 0 Å². The molecule has 1 N–H and O–H groups in total. The first-order valence-electron chi connectivity index (χ1n) is 9.08. The SMILES string of the molecule is CC1CCCN(S(=O)(=O)c2ccc(NS(=O)(=O)c3ccc(Cl)c([N+](=O)[O-])c3)cc2)C1. The Balaban J connectivity index is 1.81. The number of hydrogen-bond donors (Lipinski definition) is 1. The molecule has 1 aliphatic heterocycles. The second-order valence-electron chi connectivity index (χ2n) is 7.11. The highest BCUT2D eigenvalue weighted by Gasteiger charge is 2.28. The molecule has 0 saturated carbocycles. The van der Waals surface area contributed by atoms with Crippen LogP contribution in [-0.4, -0.2) is 39.2 Å². The Hall–Kier alpha value is -2.21. The van der Waals surface area contributed by atoms with Gasteiger partial charge in [-0.3, -0.25) is 14.8 Å². The van der Waals surface area contributed by atoms with Gasteiger partial charge in [0.2, 0.25) is 10.0 Å². The average Bonchev–Trinajstić information content (AvgIpc) is 2.68. The van der Waals surface area contributed by atoms with Gasteiger partial charge >= 0.3 is 0 Å². The third kappa shape index (κ3) is 4.75. The van der Waals surface area contributed by atoms with Gasteiger partial charge in [-0.05, 0) is 55.2 Å². The minimum absolute atomic E-state index is 0.0710. The molecule has 0 radical (unpaired) electrons. The molecule has 0 aliphatic carbocycles. The zero-order chi connectivity index (χ0) is 22.1. The molecular weight excluding hydrogens is 454 g/mol. The van der Waals surface area contributed by atoms with Gasteiger partial charge in [-0.25, -0.2) is 16.8 Å². The number of nitrogens with one attached hydrogen (secondary N) is 1. The fraction of sp³-hybridized carbons (Fsp3) is 0.333. The van der Waals surface area contributed by atoms with Crippen molar-refractivity contribution < 1.29 is 21.8 Å². The minimum atomic E-state index is -4.14. The van der Waals surface area contributed by atoms with E-state index in [9.17, 15) is 26.9 Å². The van der Waals surface area contributed by atoms with Crippen LogP contribution in [0.2, 0.25) is 5.02 Å². The Bertz CT molecular complexity index is 1170. The Labute approximate surface area is 179 Å². The first-order chi connectivity index (χ1) is 14.0. The molecule has 30 heavy (non-hydrogen) atoms. The maximum Gasteiger partial charge on any atom is 0.289 e. The largest absolute Gasteiger partial charge is 0.289 e. The smallest absolute Gasteiger partial charge is 0.280 e. The summed E-state index contributed by atoms with van der Waals surface area (Å²) >= 11 is 5.72. The zero-order valence-electron chi connectivity index (χ0n) is 16.0. The molecule has 9 nitrogen and oxygen atoms in total. The number of sulfonamides is 2. The topological polar surface area (TPSA) is 127 Å². The summed E-state index contributed by atoms with van der Waals surface area (Å²) in [6, 6.07) is 8.47. The molecule has 1 saturated heterocycles. The number of hydrogen-bond acceptors (Lipinski definition) is 6. The Morgan fingerprint density at radius 1 is 1.10 bits per heavy atom. The maximum atomic E-state index is 12.8. The van der Waals surface area contributed by atoms with Crippen molar-refractivity contribution in [2.45, 2.75) is 29.6 Å². The summed E-state index contributed by atoms with van der Waals surface area (Å²) in [5.74, 6) is 0.281. The van der Waals surface area contributed by atoms with Crippen LogP contribution in [0.25, 0.3) is 0 Å². The highest BCUT2D eigenvalue weighted by molar-refractivity contribution is 7.92. The third-order valence-electron chi connectivity index (χ3n) is 4.79. The molecule has 2 aromatic carbocycles. The van der Waals surface area contributed by atoms with Crippen molar-refractivity contribution in [2.75, 3.05) is 17.8 Å². The van der Waals surface area contributed by atoms with Crippen molar-refractivity contribution in [3.8, 4) is 0 Å². The van der Waals surface area contributed by atoms with Crippen LogP contribution in [0, 0.1) is 16.0 Å². The number of nitro benzene ring substituents is 1. The summed E-state index contributed by atoms with van der Waals surface area (Å²) in [6.07, 6.45) is 1.78. The van der Waals surface area contributed by atoms with Crippen LogP contribution >= 0.6 is 11.6 Å². The number of nitrogens with zero attached hydrogens (tertiary/aromatic N) is 2. The molecule has 1 aliphatic rings. The molecule has 1 atom stereocenters. The number of halogens is 1. The number of anilines is 1. The van der Waals surface area contributed by atoms with Crippen molar-refractivity contribution in [2.24, 2.45) is 5.92 Å². The lowest BCUT2D eigenvalue weighted by Crippen LogP contribution is -2.39. The van der Waals surface area contributed by atoms with Gasteiger partial charge in [-0.15, -0.1) is 0 Å². The molecule has 0 bridgehead atoms. The molecule has 0 spiro atoms. The molecule has 12 heteroatoms. The Morgan fingerprint density at radius 3 is 2.33 bits per heavy atom. The third-order valence-corrected chi connectivity index (χ3v) is 8.37. The van der Waals surface area contributed by atoms with E-state index in [1.807, 2.05) is 6.92 Å². The number of nitro groups is 1. The summed E-state index contributed by atoms with van der Waals surface area (Å²) in [4.78, 5) is 9.95. The second kappa shape index (κ2) is 8.50. The highest BCUT2D eigenvalue weighted by Crippen LogP contribution is 2.29. The average molecular weight is 474 g/mol. The van der Waals surface area contributed by atoms with Crippen molar-refractivity contribution >= 4 is 43.0 Å². The lowest BCUT2D eigenvalue weighted by molar-refractivity contribution is -0.384. The monoisotopic (exact) mass is 473 g/mol. The summed E-state index contributed by atoms with van der Waals surface area (Å²) in [5, 5.41) is 10.8. The first-order valence-corrected chi connectivity index (χ1v) is 12.4. The van der Waals surface area contributed by atoms with E-state index in [1.54, 1.807) is 0 Å². The van der Waals surface area contributed by atoms with E-state index >= 15 is 0 Å². The van der Waals surface area contributed by atoms with E-state index in [0.717, 1.165) is 31.0 Å². The van der Waals surface area contributed by atoms with Crippen LogP contribution in [0.15, 0.2) is 52.3 Å². The van der Waals surface area contributed by atoms with Crippen LogP contribution in [0.1, 0.15) is 19.8 Å². The van der Waals surface area contributed by atoms with E-state index in [1.165, 1.54) is 28.6 Å². The predicted octanol–water partition coefficient (Wildman–Crippen LogP) is 3.47. The van der Waals surface area contributed by atoms with Gasteiger partial charge in [0.1, 0.15) is 5.02 Å². The van der Waals surface area contributed by atoms with E-state index in [0.29, 0.717) is 13.1 Å². The van der Waals surface area contributed by atoms with Crippen molar-refractivity contribution in [1.82, 2.24) is 4.31 Å². The lowest BCUT2D eigenvalue weighted by Gasteiger charge is -2.30. The number of rotatable bonds is 6. The standard InChI is InChI=1S/C18H20ClN3O6S2/c1-13-3-2-10-21(12-13)30(27,28)15-6-4-14(5-7-15)20-29(25,26)16-8-9-17(19)18(11-16)22(23)24/h4-9,11,13,20H,2-3,10,12H2,1H3. The predicted molar refractivity (Wildman–Crippen MR) is 113 cm³/mol. The van der Waals surface area contributed by atoms with E-state index in [-0.39, 0.29) is 26.4 Å². The van der Waals surface area contributed by atoms with Gasteiger partial charge < -0.3 is 0 Å². The van der Waals surface area contributed by atoms with Crippen LogP contribution in [0.3, 0.4) is 0 Å². The molecule has 0 aromatic heterocycles. The Kier molecular flexibility index (Phi) is 6.37. The number of benzene rings is 2. The van der Waals surface area contributed by atoms with Gasteiger partial charge in [-0.2, -0.15) is 4.31 Å². The van der Waals surface area contributed by atoms with Crippen LogP contribution in [0.4, 0.5) is 11.4 Å². The van der Waals surface area contributed by atoms with E-state index in [4.69, 9.17) is 11.6 Å². The van der Waals surface area contributed by atoms with Crippen molar-refractivity contribution in [1.29, 1.82) is 0 Å². The van der Waals surface area contributed by atoms with Gasteiger partial charge in [0.05, 0.1) is 14.7 Å². The fourth-order valence-corrected chi connectivity index (χ4v) is 6.09.